The minimum absolute atomic E-state index is 0.00797. The van der Waals surface area contributed by atoms with E-state index in [0.29, 0.717) is 40.5 Å². The molecule has 33 heavy (non-hydrogen) atoms. The number of H-pyrrole nitrogens is 1. The molecule has 1 saturated carbocycles. The number of fused-ring (bicyclic) bond motifs is 2. The summed E-state index contributed by atoms with van der Waals surface area (Å²) in [5.74, 6) is 0.387. The van der Waals surface area contributed by atoms with Gasteiger partial charge >= 0.3 is 0 Å². The molecule has 0 spiro atoms. The number of hydrogen-bond donors (Lipinski definition) is 4. The molecular weight excluding hydrogens is 424 g/mol. The van der Waals surface area contributed by atoms with Crippen LogP contribution in [0.25, 0.3) is 11.0 Å². The van der Waals surface area contributed by atoms with Gasteiger partial charge in [-0.3, -0.25) is 14.4 Å². The van der Waals surface area contributed by atoms with Crippen LogP contribution >= 0.6 is 0 Å². The van der Waals surface area contributed by atoms with Crippen molar-refractivity contribution in [3.63, 3.8) is 0 Å². The van der Waals surface area contributed by atoms with Gasteiger partial charge in [0.2, 0.25) is 5.91 Å². The Bertz CT molecular complexity index is 1230. The first kappa shape index (κ1) is 20.9. The van der Waals surface area contributed by atoms with E-state index in [2.05, 4.69) is 30.9 Å². The topological polar surface area (TPSA) is 138 Å². The first-order chi connectivity index (χ1) is 16.1. The van der Waals surface area contributed by atoms with Crippen molar-refractivity contribution in [2.45, 2.75) is 38.6 Å². The summed E-state index contributed by atoms with van der Waals surface area (Å²) < 4.78 is 5.35. The first-order valence-electron chi connectivity index (χ1n) is 11.0. The Morgan fingerprint density at radius 2 is 2.03 bits per heavy atom. The third-order valence-electron chi connectivity index (χ3n) is 6.03. The largest absolute Gasteiger partial charge is 0.482 e. The number of amides is 3. The van der Waals surface area contributed by atoms with Gasteiger partial charge in [0.1, 0.15) is 17.6 Å². The molecule has 10 heteroatoms. The van der Waals surface area contributed by atoms with Gasteiger partial charge in [0.05, 0.1) is 16.9 Å². The summed E-state index contributed by atoms with van der Waals surface area (Å²) in [5, 5.41) is 8.49. The Kier molecular flexibility index (Phi) is 5.64. The van der Waals surface area contributed by atoms with Crippen molar-refractivity contribution in [2.24, 2.45) is 5.92 Å². The number of aromatic amines is 1. The third-order valence-corrected chi connectivity index (χ3v) is 6.03. The fourth-order valence-corrected chi connectivity index (χ4v) is 4.39. The highest BCUT2D eigenvalue weighted by Gasteiger charge is 2.21. The van der Waals surface area contributed by atoms with Crippen LogP contribution in [0, 0.1) is 5.92 Å². The molecule has 3 aromatic rings. The van der Waals surface area contributed by atoms with Crippen molar-refractivity contribution in [3.8, 4) is 5.75 Å². The molecule has 170 valence electrons. The molecule has 2 aromatic heterocycles. The van der Waals surface area contributed by atoms with Crippen LogP contribution in [0.15, 0.2) is 30.7 Å². The lowest BCUT2D eigenvalue weighted by Crippen LogP contribution is -2.26. The van der Waals surface area contributed by atoms with Crippen LogP contribution in [-0.4, -0.2) is 39.3 Å². The van der Waals surface area contributed by atoms with Gasteiger partial charge in [0.15, 0.2) is 12.3 Å². The zero-order chi connectivity index (χ0) is 22.8. The van der Waals surface area contributed by atoms with Crippen LogP contribution in [0.1, 0.15) is 48.2 Å². The summed E-state index contributed by atoms with van der Waals surface area (Å²) in [6.07, 6.45) is 8.00. The van der Waals surface area contributed by atoms with Crippen LogP contribution in [0.5, 0.6) is 5.75 Å². The number of anilines is 2. The lowest BCUT2D eigenvalue weighted by Gasteiger charge is -2.18. The van der Waals surface area contributed by atoms with E-state index in [1.807, 2.05) is 6.07 Å². The lowest BCUT2D eigenvalue weighted by molar-refractivity contribution is -0.119. The summed E-state index contributed by atoms with van der Waals surface area (Å²) in [4.78, 5) is 48.2. The van der Waals surface area contributed by atoms with Gasteiger partial charge in [-0.2, -0.15) is 0 Å². The molecule has 3 heterocycles. The fourth-order valence-electron chi connectivity index (χ4n) is 4.39. The van der Waals surface area contributed by atoms with Crippen molar-refractivity contribution in [2.75, 3.05) is 17.2 Å². The molecule has 2 aliphatic rings. The number of aromatic nitrogens is 3. The smallest absolute Gasteiger partial charge is 0.272 e. The summed E-state index contributed by atoms with van der Waals surface area (Å²) in [6.45, 7) is 0.227. The standard InChI is InChI=1S/C23H24N6O4/c30-18(8-13-3-1-2-4-13)29-16-10-24-21-20(16)26-12-27-22(21)23(32)25-9-14-5-6-17-15(7-14)28-19(31)11-33-17/h5-7,10,12-13,24H,1-4,8-9,11H2,(H,25,32)(H,28,31)(H,29,30). The molecule has 1 aliphatic carbocycles. The summed E-state index contributed by atoms with van der Waals surface area (Å²) >= 11 is 0. The normalized spacial score (nSPS) is 15.6. The average molecular weight is 448 g/mol. The van der Waals surface area contributed by atoms with Crippen molar-refractivity contribution in [1.29, 1.82) is 0 Å². The van der Waals surface area contributed by atoms with E-state index < -0.39 is 0 Å². The minimum Gasteiger partial charge on any atom is -0.482 e. The van der Waals surface area contributed by atoms with Crippen molar-refractivity contribution in [3.05, 3.63) is 42.0 Å². The van der Waals surface area contributed by atoms with Gasteiger partial charge < -0.3 is 25.7 Å². The molecule has 1 aromatic carbocycles. The maximum Gasteiger partial charge on any atom is 0.272 e. The molecule has 5 rings (SSSR count). The molecule has 0 atom stereocenters. The molecule has 0 bridgehead atoms. The predicted molar refractivity (Wildman–Crippen MR) is 121 cm³/mol. The van der Waals surface area contributed by atoms with E-state index in [9.17, 15) is 14.4 Å². The van der Waals surface area contributed by atoms with Crippen LogP contribution in [0.3, 0.4) is 0 Å². The van der Waals surface area contributed by atoms with E-state index in [4.69, 9.17) is 4.74 Å². The van der Waals surface area contributed by atoms with Gasteiger partial charge in [0.25, 0.3) is 11.8 Å². The van der Waals surface area contributed by atoms with E-state index in [0.717, 1.165) is 18.4 Å². The number of benzene rings is 1. The number of ether oxygens (including phenoxy) is 1. The molecule has 0 radical (unpaired) electrons. The SMILES string of the molecule is O=C1COc2ccc(CNC(=O)c3ncnc4c(NC(=O)CC5CCCC5)c[nH]c34)cc2N1. The Morgan fingerprint density at radius 3 is 2.88 bits per heavy atom. The summed E-state index contributed by atoms with van der Waals surface area (Å²) in [7, 11) is 0. The molecular formula is C23H24N6O4. The Morgan fingerprint density at radius 1 is 1.18 bits per heavy atom. The summed E-state index contributed by atoms with van der Waals surface area (Å²) in [5.41, 5.74) is 3.04. The van der Waals surface area contributed by atoms with Gasteiger partial charge in [-0.05, 0) is 36.5 Å². The zero-order valence-corrected chi connectivity index (χ0v) is 17.9. The highest BCUT2D eigenvalue weighted by Crippen LogP contribution is 2.30. The van der Waals surface area contributed by atoms with E-state index in [-0.39, 0.29) is 36.6 Å². The second kappa shape index (κ2) is 8.89. The number of nitrogens with zero attached hydrogens (tertiary/aromatic N) is 2. The highest BCUT2D eigenvalue weighted by molar-refractivity contribution is 6.08. The molecule has 1 fully saturated rings. The second-order valence-corrected chi connectivity index (χ2v) is 8.40. The van der Waals surface area contributed by atoms with Crippen LogP contribution in [0.2, 0.25) is 0 Å². The number of nitrogens with one attached hydrogen (secondary N) is 4. The number of carbonyl (C=O) groups is 3. The van der Waals surface area contributed by atoms with Gasteiger partial charge in [-0.25, -0.2) is 9.97 Å². The Labute approximate surface area is 189 Å². The second-order valence-electron chi connectivity index (χ2n) is 8.40. The van der Waals surface area contributed by atoms with E-state index >= 15 is 0 Å². The molecule has 0 saturated heterocycles. The number of rotatable bonds is 6. The zero-order valence-electron chi connectivity index (χ0n) is 17.9. The highest BCUT2D eigenvalue weighted by atomic mass is 16.5. The molecule has 3 amide bonds. The van der Waals surface area contributed by atoms with E-state index in [1.165, 1.54) is 19.2 Å². The van der Waals surface area contributed by atoms with Crippen molar-refractivity contribution >= 4 is 40.1 Å². The van der Waals surface area contributed by atoms with Crippen molar-refractivity contribution < 1.29 is 19.1 Å². The molecule has 10 nitrogen and oxygen atoms in total. The monoisotopic (exact) mass is 448 g/mol. The minimum atomic E-state index is -0.383. The maximum absolute atomic E-state index is 12.8. The van der Waals surface area contributed by atoms with Gasteiger partial charge in [-0.15, -0.1) is 0 Å². The van der Waals surface area contributed by atoms with Crippen LogP contribution < -0.4 is 20.7 Å². The fraction of sp³-hybridized carbons (Fsp3) is 0.348. The third kappa shape index (κ3) is 4.50. The van der Waals surface area contributed by atoms with Crippen LogP contribution in [-0.2, 0) is 16.1 Å². The Balaban J connectivity index is 1.26. The van der Waals surface area contributed by atoms with Gasteiger partial charge in [0, 0.05) is 19.2 Å². The quantitative estimate of drug-likeness (QED) is 0.457. The number of carbonyl (C=O) groups excluding carboxylic acids is 3. The van der Waals surface area contributed by atoms with E-state index in [1.54, 1.807) is 18.3 Å². The lowest BCUT2D eigenvalue weighted by atomic mass is 10.0. The maximum atomic E-state index is 12.8. The molecule has 1 aliphatic heterocycles. The Hall–Kier alpha value is -3.95. The molecule has 4 N–H and O–H groups in total. The molecule has 0 unspecified atom stereocenters. The van der Waals surface area contributed by atoms with Crippen molar-refractivity contribution in [1.82, 2.24) is 20.3 Å². The number of hydrogen-bond acceptors (Lipinski definition) is 6. The predicted octanol–water partition coefficient (Wildman–Crippen LogP) is 2.74. The average Bonchev–Trinajstić information content (AvgIpc) is 3.47. The summed E-state index contributed by atoms with van der Waals surface area (Å²) in [6, 6.07) is 5.33. The van der Waals surface area contributed by atoms with Gasteiger partial charge in [-0.1, -0.05) is 18.9 Å². The van der Waals surface area contributed by atoms with Crippen LogP contribution in [0.4, 0.5) is 11.4 Å². The first-order valence-corrected chi connectivity index (χ1v) is 11.0.